The summed E-state index contributed by atoms with van der Waals surface area (Å²) in [4.78, 5) is 11.7. The van der Waals surface area contributed by atoms with Gasteiger partial charge in [0.05, 0.1) is 10.4 Å². The van der Waals surface area contributed by atoms with Crippen molar-refractivity contribution in [2.24, 2.45) is 0 Å². The number of sulfone groups is 1. The van der Waals surface area contributed by atoms with Crippen molar-refractivity contribution in [3.8, 4) is 0 Å². The lowest BCUT2D eigenvalue weighted by Gasteiger charge is -2.03. The molecule has 4 nitrogen and oxygen atoms in total. The van der Waals surface area contributed by atoms with E-state index < -0.39 is 20.4 Å². The van der Waals surface area contributed by atoms with Crippen molar-refractivity contribution in [2.75, 3.05) is 6.26 Å². The fourth-order valence-electron chi connectivity index (χ4n) is 1.34. The fourth-order valence-corrected chi connectivity index (χ4v) is 2.43. The van der Waals surface area contributed by atoms with Crippen LogP contribution in [-0.2, 0) is 9.84 Å². The monoisotopic (exact) mass is 292 g/mol. The van der Waals surface area contributed by atoms with Crippen LogP contribution in [0, 0.1) is 0 Å². The van der Waals surface area contributed by atoms with E-state index in [0.29, 0.717) is 0 Å². The molecule has 7 heteroatoms. The van der Waals surface area contributed by atoms with Crippen LogP contribution in [0.3, 0.4) is 0 Å². The highest BCUT2D eigenvalue weighted by Gasteiger charge is 2.15. The normalized spacial score (nSPS) is 11.9. The zero-order valence-electron chi connectivity index (χ0n) is 8.53. The number of hydrogen-bond acceptors (Lipinski definition) is 4. The number of halogens is 2. The van der Waals surface area contributed by atoms with E-state index in [0.717, 1.165) is 12.3 Å². The molecule has 0 spiro atoms. The van der Waals surface area contributed by atoms with Crippen LogP contribution in [0.5, 0.6) is 0 Å². The SMILES string of the molecule is CS(=O)(=O)c1cc(=O)c2cc(Cl)cc(Cl)c2o1. The number of benzene rings is 1. The molecule has 2 rings (SSSR count). The first-order valence-corrected chi connectivity index (χ1v) is 7.07. The largest absolute Gasteiger partial charge is 0.443 e. The Kier molecular flexibility index (Phi) is 2.93. The molecule has 0 bridgehead atoms. The Balaban J connectivity index is 2.98. The first-order valence-electron chi connectivity index (χ1n) is 4.42. The van der Waals surface area contributed by atoms with Crippen molar-refractivity contribution >= 4 is 44.0 Å². The maximum absolute atomic E-state index is 11.7. The molecule has 2 aromatic rings. The molecule has 0 amide bonds. The van der Waals surface area contributed by atoms with Gasteiger partial charge in [0.2, 0.25) is 14.9 Å². The first-order chi connectivity index (χ1) is 7.79. The van der Waals surface area contributed by atoms with Gasteiger partial charge in [0.15, 0.2) is 11.0 Å². The third-order valence-electron chi connectivity index (χ3n) is 2.09. The highest BCUT2D eigenvalue weighted by Crippen LogP contribution is 2.27. The van der Waals surface area contributed by atoms with Crippen LogP contribution < -0.4 is 5.43 Å². The van der Waals surface area contributed by atoms with E-state index in [1.54, 1.807) is 0 Å². The third kappa shape index (κ3) is 2.31. The Morgan fingerprint density at radius 2 is 1.82 bits per heavy atom. The van der Waals surface area contributed by atoms with E-state index in [-0.39, 0.29) is 21.0 Å². The van der Waals surface area contributed by atoms with Gasteiger partial charge in [-0.3, -0.25) is 4.79 Å². The minimum atomic E-state index is -3.60. The summed E-state index contributed by atoms with van der Waals surface area (Å²) in [5.74, 6) is 0. The first kappa shape index (κ1) is 12.4. The van der Waals surface area contributed by atoms with Crippen molar-refractivity contribution in [3.63, 3.8) is 0 Å². The van der Waals surface area contributed by atoms with Crippen LogP contribution in [0.1, 0.15) is 0 Å². The average Bonchev–Trinajstić information content (AvgIpc) is 2.17. The topological polar surface area (TPSA) is 64.3 Å². The molecule has 0 N–H and O–H groups in total. The lowest BCUT2D eigenvalue weighted by atomic mass is 10.2. The van der Waals surface area contributed by atoms with Gasteiger partial charge in [-0.1, -0.05) is 23.2 Å². The minimum absolute atomic E-state index is 0.0176. The smallest absolute Gasteiger partial charge is 0.222 e. The molecule has 1 aromatic carbocycles. The summed E-state index contributed by atoms with van der Waals surface area (Å²) >= 11 is 11.6. The van der Waals surface area contributed by atoms with Crippen LogP contribution >= 0.6 is 23.2 Å². The molecule has 0 atom stereocenters. The van der Waals surface area contributed by atoms with E-state index in [1.165, 1.54) is 12.1 Å². The second-order valence-electron chi connectivity index (χ2n) is 3.47. The zero-order valence-corrected chi connectivity index (χ0v) is 10.9. The fraction of sp³-hybridized carbons (Fsp3) is 0.100. The molecule has 0 aliphatic rings. The molecular formula is C10H6Cl2O4S. The lowest BCUT2D eigenvalue weighted by Crippen LogP contribution is -2.06. The van der Waals surface area contributed by atoms with Gasteiger partial charge in [-0.2, -0.15) is 0 Å². The summed E-state index contributed by atoms with van der Waals surface area (Å²) in [6.07, 6.45) is 0.945. The minimum Gasteiger partial charge on any atom is -0.443 e. The Morgan fingerprint density at radius 1 is 1.18 bits per heavy atom. The highest BCUT2D eigenvalue weighted by atomic mass is 35.5. The van der Waals surface area contributed by atoms with Crippen LogP contribution in [0.25, 0.3) is 11.0 Å². The summed E-state index contributed by atoms with van der Waals surface area (Å²) in [6.45, 7) is 0. The Morgan fingerprint density at radius 3 is 2.41 bits per heavy atom. The molecule has 90 valence electrons. The van der Waals surface area contributed by atoms with Gasteiger partial charge in [-0.25, -0.2) is 8.42 Å². The molecule has 1 aromatic heterocycles. The van der Waals surface area contributed by atoms with Gasteiger partial charge in [-0.15, -0.1) is 0 Å². The van der Waals surface area contributed by atoms with Gasteiger partial charge in [0.25, 0.3) is 0 Å². The second-order valence-corrected chi connectivity index (χ2v) is 6.26. The van der Waals surface area contributed by atoms with Crippen molar-refractivity contribution in [1.82, 2.24) is 0 Å². The van der Waals surface area contributed by atoms with E-state index in [1.807, 2.05) is 0 Å². The summed E-state index contributed by atoms with van der Waals surface area (Å²) in [5.41, 5.74) is -0.486. The van der Waals surface area contributed by atoms with Gasteiger partial charge in [0, 0.05) is 17.3 Å². The Labute approximate surface area is 107 Å². The average molecular weight is 293 g/mol. The Bertz CT molecular complexity index is 762. The number of hydrogen-bond donors (Lipinski definition) is 0. The molecule has 0 unspecified atom stereocenters. The van der Waals surface area contributed by atoms with Crippen LogP contribution in [0.15, 0.2) is 32.5 Å². The van der Waals surface area contributed by atoms with Crippen molar-refractivity contribution < 1.29 is 12.8 Å². The van der Waals surface area contributed by atoms with E-state index in [4.69, 9.17) is 27.6 Å². The highest BCUT2D eigenvalue weighted by molar-refractivity contribution is 7.90. The van der Waals surface area contributed by atoms with Gasteiger partial charge in [-0.05, 0) is 12.1 Å². The summed E-state index contributed by atoms with van der Waals surface area (Å²) in [5, 5.41) is 0.103. The van der Waals surface area contributed by atoms with Gasteiger partial charge in [0.1, 0.15) is 0 Å². The molecular weight excluding hydrogens is 287 g/mol. The number of fused-ring (bicyclic) bond motifs is 1. The molecule has 17 heavy (non-hydrogen) atoms. The van der Waals surface area contributed by atoms with Crippen molar-refractivity contribution in [3.05, 3.63) is 38.5 Å². The summed E-state index contributed by atoms with van der Waals surface area (Å²) < 4.78 is 27.7. The predicted molar refractivity (Wildman–Crippen MR) is 65.6 cm³/mol. The molecule has 0 saturated heterocycles. The van der Waals surface area contributed by atoms with Crippen molar-refractivity contribution in [2.45, 2.75) is 5.09 Å². The summed E-state index contributed by atoms with van der Waals surface area (Å²) in [7, 11) is -3.60. The van der Waals surface area contributed by atoms with Crippen LogP contribution in [0.4, 0.5) is 0 Å². The van der Waals surface area contributed by atoms with Gasteiger partial charge >= 0.3 is 0 Å². The quantitative estimate of drug-likeness (QED) is 0.810. The predicted octanol–water partition coefficient (Wildman–Crippen LogP) is 2.50. The second kappa shape index (κ2) is 4.01. The molecule has 0 aliphatic carbocycles. The maximum Gasteiger partial charge on any atom is 0.222 e. The standard InChI is InChI=1S/C10H6Cl2O4S/c1-17(14,15)9-4-8(13)6-2-5(11)3-7(12)10(6)16-9/h2-4H,1H3. The Hall–Kier alpha value is -1.04. The maximum atomic E-state index is 11.7. The summed E-state index contributed by atoms with van der Waals surface area (Å²) in [6, 6.07) is 3.66. The van der Waals surface area contributed by atoms with E-state index >= 15 is 0 Å². The molecule has 0 saturated carbocycles. The van der Waals surface area contributed by atoms with E-state index in [2.05, 4.69) is 0 Å². The van der Waals surface area contributed by atoms with E-state index in [9.17, 15) is 13.2 Å². The number of rotatable bonds is 1. The molecule has 0 fully saturated rings. The lowest BCUT2D eigenvalue weighted by molar-refractivity contribution is 0.472. The molecule has 1 heterocycles. The van der Waals surface area contributed by atoms with Gasteiger partial charge < -0.3 is 4.42 Å². The molecule has 0 radical (unpaired) electrons. The third-order valence-corrected chi connectivity index (χ3v) is 3.52. The van der Waals surface area contributed by atoms with Crippen molar-refractivity contribution in [1.29, 1.82) is 0 Å². The van der Waals surface area contributed by atoms with Crippen LogP contribution in [-0.4, -0.2) is 14.7 Å². The van der Waals surface area contributed by atoms with Crippen LogP contribution in [0.2, 0.25) is 10.0 Å². The molecule has 0 aliphatic heterocycles. The zero-order chi connectivity index (χ0) is 12.8.